The maximum absolute atomic E-state index is 12.1. The molecule has 0 rings (SSSR count). The summed E-state index contributed by atoms with van der Waals surface area (Å²) in [7, 11) is 0. The van der Waals surface area contributed by atoms with Crippen molar-refractivity contribution >= 4 is 0 Å². The van der Waals surface area contributed by atoms with Gasteiger partial charge in [-0.1, -0.05) is 0 Å². The van der Waals surface area contributed by atoms with Crippen LogP contribution in [0.1, 0.15) is 0 Å². The van der Waals surface area contributed by atoms with Gasteiger partial charge in [0.25, 0.3) is 0 Å². The SMILES string of the molecule is FC(F)=C(F)C(F)=C(F)C(F)(F)C(F)(F)F. The van der Waals surface area contributed by atoms with E-state index in [1.165, 1.54) is 0 Å². The largest absolute Gasteiger partial charge is 0.460 e. The minimum absolute atomic E-state index is 3.42. The van der Waals surface area contributed by atoms with Crippen LogP contribution in [0.25, 0.3) is 0 Å². The first-order valence-electron chi connectivity index (χ1n) is 3.14. The minimum Gasteiger partial charge on any atom is -0.201 e. The summed E-state index contributed by atoms with van der Waals surface area (Å²) in [5, 5.41) is 0. The van der Waals surface area contributed by atoms with Crippen LogP contribution in [-0.4, -0.2) is 12.1 Å². The molecule has 0 heterocycles. The van der Waals surface area contributed by atoms with Crippen molar-refractivity contribution in [3.63, 3.8) is 0 Å². The first-order valence-corrected chi connectivity index (χ1v) is 3.14. The summed E-state index contributed by atoms with van der Waals surface area (Å²) in [6.45, 7) is 0. The molecule has 94 valence electrons. The summed E-state index contributed by atoms with van der Waals surface area (Å²) in [6.07, 6.45) is -10.1. The fraction of sp³-hybridized carbons (Fsp3) is 0.333. The molecule has 0 saturated heterocycles. The lowest BCUT2D eigenvalue weighted by Gasteiger charge is -2.17. The molecule has 0 atom stereocenters. The average molecular weight is 262 g/mol. The second kappa shape index (κ2) is 4.34. The van der Waals surface area contributed by atoms with Crippen LogP contribution in [0.15, 0.2) is 23.6 Å². The number of alkyl halides is 5. The van der Waals surface area contributed by atoms with Crippen LogP contribution in [0.5, 0.6) is 0 Å². The van der Waals surface area contributed by atoms with Gasteiger partial charge in [0.2, 0.25) is 17.5 Å². The van der Waals surface area contributed by atoms with Crippen molar-refractivity contribution in [2.75, 3.05) is 0 Å². The molecule has 0 aliphatic heterocycles. The van der Waals surface area contributed by atoms with Gasteiger partial charge >= 0.3 is 18.2 Å². The zero-order valence-electron chi connectivity index (χ0n) is 6.78. The van der Waals surface area contributed by atoms with Crippen LogP contribution in [0.4, 0.5) is 43.9 Å². The van der Waals surface area contributed by atoms with Gasteiger partial charge in [-0.3, -0.25) is 0 Å². The van der Waals surface area contributed by atoms with Crippen LogP contribution in [0, 0.1) is 0 Å². The Labute approximate surface area is 80.8 Å². The van der Waals surface area contributed by atoms with Gasteiger partial charge in [0.15, 0.2) is 0 Å². The molecule has 0 aromatic carbocycles. The number of rotatable bonds is 2. The number of allylic oxidation sites excluding steroid dienone is 3. The quantitative estimate of drug-likeness (QED) is 0.510. The number of hydrogen-bond acceptors (Lipinski definition) is 0. The fourth-order valence-corrected chi connectivity index (χ4v) is 0.442. The highest BCUT2D eigenvalue weighted by Gasteiger charge is 2.62. The molecule has 0 aliphatic rings. The summed E-state index contributed by atoms with van der Waals surface area (Å²) >= 11 is 0. The van der Waals surface area contributed by atoms with Gasteiger partial charge in [0.05, 0.1) is 0 Å². The van der Waals surface area contributed by atoms with Crippen molar-refractivity contribution in [1.29, 1.82) is 0 Å². The van der Waals surface area contributed by atoms with E-state index >= 15 is 0 Å². The van der Waals surface area contributed by atoms with Gasteiger partial charge in [-0.2, -0.15) is 35.1 Å². The fourth-order valence-electron chi connectivity index (χ4n) is 0.442. The molecule has 0 spiro atoms. The summed E-state index contributed by atoms with van der Waals surface area (Å²) in [6, 6.07) is 0. The van der Waals surface area contributed by atoms with Gasteiger partial charge < -0.3 is 0 Å². The van der Waals surface area contributed by atoms with E-state index in [0.717, 1.165) is 0 Å². The first-order chi connectivity index (χ1) is 6.93. The monoisotopic (exact) mass is 262 g/mol. The Balaban J connectivity index is 5.60. The van der Waals surface area contributed by atoms with E-state index in [1.807, 2.05) is 0 Å². The third-order valence-corrected chi connectivity index (χ3v) is 1.18. The second-order valence-electron chi connectivity index (χ2n) is 2.27. The van der Waals surface area contributed by atoms with Gasteiger partial charge in [-0.15, -0.1) is 0 Å². The van der Waals surface area contributed by atoms with E-state index in [2.05, 4.69) is 0 Å². The highest BCUT2D eigenvalue weighted by atomic mass is 19.4. The normalized spacial score (nSPS) is 14.6. The topological polar surface area (TPSA) is 0 Å². The Kier molecular flexibility index (Phi) is 4.01. The number of hydrogen-bond donors (Lipinski definition) is 0. The van der Waals surface area contributed by atoms with Crippen molar-refractivity contribution in [2.45, 2.75) is 12.1 Å². The van der Waals surface area contributed by atoms with Crippen molar-refractivity contribution in [3.05, 3.63) is 23.6 Å². The average Bonchev–Trinajstić information content (AvgIpc) is 2.12. The maximum atomic E-state index is 12.1. The molecular weight excluding hydrogens is 262 g/mol. The van der Waals surface area contributed by atoms with Crippen molar-refractivity contribution < 1.29 is 43.9 Å². The molecule has 0 fully saturated rings. The lowest BCUT2D eigenvalue weighted by Crippen LogP contribution is -2.37. The summed E-state index contributed by atoms with van der Waals surface area (Å²) < 4.78 is 117. The molecule has 0 nitrogen and oxygen atoms in total. The van der Waals surface area contributed by atoms with Crippen molar-refractivity contribution in [2.24, 2.45) is 0 Å². The van der Waals surface area contributed by atoms with Crippen LogP contribution < -0.4 is 0 Å². The summed E-state index contributed by atoms with van der Waals surface area (Å²) in [4.78, 5) is 0. The molecular formula is C6F10. The summed E-state index contributed by atoms with van der Waals surface area (Å²) in [5.74, 6) is -17.4. The lowest BCUT2D eigenvalue weighted by atomic mass is 10.2. The summed E-state index contributed by atoms with van der Waals surface area (Å²) in [5.41, 5.74) is 0. The molecule has 10 heteroatoms. The number of halogens is 10. The second-order valence-corrected chi connectivity index (χ2v) is 2.27. The third-order valence-electron chi connectivity index (χ3n) is 1.18. The van der Waals surface area contributed by atoms with Crippen molar-refractivity contribution in [1.82, 2.24) is 0 Å². The van der Waals surface area contributed by atoms with Gasteiger partial charge in [0, 0.05) is 0 Å². The van der Waals surface area contributed by atoms with E-state index in [0.29, 0.717) is 0 Å². The van der Waals surface area contributed by atoms with Crippen molar-refractivity contribution in [3.8, 4) is 0 Å². The highest BCUT2D eigenvalue weighted by Crippen LogP contribution is 2.44. The molecule has 0 N–H and O–H groups in total. The Bertz CT molecular complexity index is 328. The molecule has 0 amide bonds. The van der Waals surface area contributed by atoms with Crippen LogP contribution in [0.2, 0.25) is 0 Å². The van der Waals surface area contributed by atoms with Crippen LogP contribution >= 0.6 is 0 Å². The van der Waals surface area contributed by atoms with Gasteiger partial charge in [-0.05, 0) is 0 Å². The maximum Gasteiger partial charge on any atom is 0.460 e. The molecule has 0 radical (unpaired) electrons. The van der Waals surface area contributed by atoms with Gasteiger partial charge in [-0.25, -0.2) is 8.78 Å². The van der Waals surface area contributed by atoms with Gasteiger partial charge in [0.1, 0.15) is 0 Å². The molecule has 16 heavy (non-hydrogen) atoms. The first kappa shape index (κ1) is 14.8. The van der Waals surface area contributed by atoms with Crippen LogP contribution in [0.3, 0.4) is 0 Å². The zero-order valence-corrected chi connectivity index (χ0v) is 6.78. The smallest absolute Gasteiger partial charge is 0.201 e. The Morgan fingerprint density at radius 1 is 0.625 bits per heavy atom. The molecule has 0 aliphatic carbocycles. The molecule has 0 unspecified atom stereocenters. The van der Waals surface area contributed by atoms with E-state index < -0.39 is 35.7 Å². The predicted octanol–water partition coefficient (Wildman–Crippen LogP) is 4.41. The van der Waals surface area contributed by atoms with E-state index in [4.69, 9.17) is 0 Å². The minimum atomic E-state index is -6.57. The molecule has 0 saturated carbocycles. The van der Waals surface area contributed by atoms with Crippen LogP contribution in [-0.2, 0) is 0 Å². The van der Waals surface area contributed by atoms with E-state index in [1.54, 1.807) is 0 Å². The Hall–Kier alpha value is -1.22. The highest BCUT2D eigenvalue weighted by molar-refractivity contribution is 5.26. The van der Waals surface area contributed by atoms with E-state index in [9.17, 15) is 43.9 Å². The lowest BCUT2D eigenvalue weighted by molar-refractivity contribution is -0.271. The molecule has 0 aromatic heterocycles. The Morgan fingerprint density at radius 3 is 1.25 bits per heavy atom. The predicted molar refractivity (Wildman–Crippen MR) is 30.6 cm³/mol. The molecule has 0 bridgehead atoms. The standard InChI is InChI=1S/C6F10/c7-1(2(8)4(10)11)3(9)5(12,13)6(14,15)16. The van der Waals surface area contributed by atoms with E-state index in [-0.39, 0.29) is 0 Å². The third kappa shape index (κ3) is 2.67. The Morgan fingerprint density at radius 2 is 1.00 bits per heavy atom. The zero-order chi connectivity index (χ0) is 13.3. The molecule has 0 aromatic rings.